The summed E-state index contributed by atoms with van der Waals surface area (Å²) < 4.78 is 32.7. The number of benzene rings is 1. The van der Waals surface area contributed by atoms with Crippen LogP contribution in [0.2, 0.25) is 0 Å². The molecule has 1 aromatic carbocycles. The first-order valence-electron chi connectivity index (χ1n) is 5.89. The molecule has 6 nitrogen and oxygen atoms in total. The molecule has 0 unspecified atom stereocenters. The van der Waals surface area contributed by atoms with Crippen molar-refractivity contribution in [2.45, 2.75) is 6.04 Å². The number of carbonyl (C=O) groups is 1. The maximum Gasteiger partial charge on any atom is 0.251 e. The highest BCUT2D eigenvalue weighted by Gasteiger charge is 2.23. The van der Waals surface area contributed by atoms with Gasteiger partial charge in [0.15, 0.2) is 21.3 Å². The van der Waals surface area contributed by atoms with Gasteiger partial charge in [-0.2, -0.15) is 0 Å². The lowest BCUT2D eigenvalue weighted by Crippen LogP contribution is -2.35. The maximum absolute atomic E-state index is 12.0. The van der Waals surface area contributed by atoms with Crippen molar-refractivity contribution < 1.29 is 22.7 Å². The van der Waals surface area contributed by atoms with E-state index in [2.05, 4.69) is 5.32 Å². The second-order valence-electron chi connectivity index (χ2n) is 4.31. The first-order chi connectivity index (χ1) is 9.45. The standard InChI is InChI=1S/C13H15NO5S/c1-18-11-4-3-9(7-12(11)19-2)13(15)14-10-5-6-20(16,17)8-10/h3-7,10H,8H2,1-2H3,(H,14,15)/t10-/m0/s1. The van der Waals surface area contributed by atoms with Crippen molar-refractivity contribution in [3.05, 3.63) is 35.2 Å². The number of amides is 1. The Kier molecular flexibility index (Phi) is 3.99. The first-order valence-corrected chi connectivity index (χ1v) is 7.60. The third kappa shape index (κ3) is 3.11. The Labute approximate surface area is 117 Å². The second kappa shape index (κ2) is 5.54. The zero-order valence-electron chi connectivity index (χ0n) is 11.1. The van der Waals surface area contributed by atoms with Crippen molar-refractivity contribution in [2.75, 3.05) is 20.0 Å². The fourth-order valence-electron chi connectivity index (χ4n) is 1.89. The predicted molar refractivity (Wildman–Crippen MR) is 73.7 cm³/mol. The van der Waals surface area contributed by atoms with Gasteiger partial charge in [0.2, 0.25) is 0 Å². The van der Waals surface area contributed by atoms with Gasteiger partial charge in [-0.15, -0.1) is 0 Å². The van der Waals surface area contributed by atoms with E-state index in [1.54, 1.807) is 18.2 Å². The Hall–Kier alpha value is -2.02. The highest BCUT2D eigenvalue weighted by atomic mass is 32.2. The monoisotopic (exact) mass is 297 g/mol. The normalized spacial score (nSPS) is 19.6. The van der Waals surface area contributed by atoms with Crippen molar-refractivity contribution in [1.82, 2.24) is 5.32 Å². The van der Waals surface area contributed by atoms with Gasteiger partial charge in [-0.25, -0.2) is 8.42 Å². The van der Waals surface area contributed by atoms with E-state index < -0.39 is 15.9 Å². The van der Waals surface area contributed by atoms with Gasteiger partial charge in [0, 0.05) is 11.0 Å². The lowest BCUT2D eigenvalue weighted by molar-refractivity contribution is 0.0947. The second-order valence-corrected chi connectivity index (χ2v) is 6.24. The van der Waals surface area contributed by atoms with E-state index in [0.29, 0.717) is 17.1 Å². The molecular formula is C13H15NO5S. The van der Waals surface area contributed by atoms with E-state index in [-0.39, 0.29) is 11.7 Å². The van der Waals surface area contributed by atoms with E-state index in [4.69, 9.17) is 9.47 Å². The average Bonchev–Trinajstić information content (AvgIpc) is 2.76. The fourth-order valence-corrected chi connectivity index (χ4v) is 3.13. The molecule has 0 bridgehead atoms. The van der Waals surface area contributed by atoms with Gasteiger partial charge in [-0.3, -0.25) is 4.79 Å². The molecule has 7 heteroatoms. The number of rotatable bonds is 4. The highest BCUT2D eigenvalue weighted by molar-refractivity contribution is 7.94. The largest absolute Gasteiger partial charge is 0.493 e. The molecule has 0 saturated carbocycles. The van der Waals surface area contributed by atoms with Crippen LogP contribution in [0.4, 0.5) is 0 Å². The molecule has 1 aromatic rings. The minimum Gasteiger partial charge on any atom is -0.493 e. The van der Waals surface area contributed by atoms with Crippen molar-refractivity contribution in [3.8, 4) is 11.5 Å². The highest BCUT2D eigenvalue weighted by Crippen LogP contribution is 2.27. The van der Waals surface area contributed by atoms with Crippen LogP contribution in [0, 0.1) is 0 Å². The van der Waals surface area contributed by atoms with Gasteiger partial charge < -0.3 is 14.8 Å². The van der Waals surface area contributed by atoms with Crippen molar-refractivity contribution in [2.24, 2.45) is 0 Å². The Balaban J connectivity index is 2.12. The minimum absolute atomic E-state index is 0.105. The fraction of sp³-hybridized carbons (Fsp3) is 0.308. The van der Waals surface area contributed by atoms with E-state index in [1.807, 2.05) is 0 Å². The van der Waals surface area contributed by atoms with Crippen LogP contribution in [0.15, 0.2) is 29.7 Å². The van der Waals surface area contributed by atoms with Gasteiger partial charge in [0.25, 0.3) is 5.91 Å². The van der Waals surface area contributed by atoms with Gasteiger partial charge in [-0.1, -0.05) is 0 Å². The quantitative estimate of drug-likeness (QED) is 0.886. The maximum atomic E-state index is 12.0. The molecule has 1 aliphatic rings. The molecular weight excluding hydrogens is 282 g/mol. The molecule has 1 amide bonds. The summed E-state index contributed by atoms with van der Waals surface area (Å²) in [6.07, 6.45) is 1.47. The molecule has 1 atom stereocenters. The molecule has 108 valence electrons. The van der Waals surface area contributed by atoms with Crippen molar-refractivity contribution >= 4 is 15.7 Å². The van der Waals surface area contributed by atoms with Crippen LogP contribution in [0.1, 0.15) is 10.4 Å². The summed E-state index contributed by atoms with van der Waals surface area (Å²) in [5, 5.41) is 3.76. The SMILES string of the molecule is COc1ccc(C(=O)N[C@H]2C=CS(=O)(=O)C2)cc1OC. The third-order valence-electron chi connectivity index (χ3n) is 2.89. The topological polar surface area (TPSA) is 81.7 Å². The van der Waals surface area contributed by atoms with Gasteiger partial charge in [0.05, 0.1) is 26.0 Å². The molecule has 0 saturated heterocycles. The number of nitrogens with one attached hydrogen (secondary N) is 1. The van der Waals surface area contributed by atoms with E-state index >= 15 is 0 Å². The van der Waals surface area contributed by atoms with E-state index in [9.17, 15) is 13.2 Å². The summed E-state index contributed by atoms with van der Waals surface area (Å²) >= 11 is 0. The number of hydrogen-bond donors (Lipinski definition) is 1. The average molecular weight is 297 g/mol. The Morgan fingerprint density at radius 2 is 1.95 bits per heavy atom. The summed E-state index contributed by atoms with van der Waals surface area (Å²) in [6, 6.07) is 4.25. The van der Waals surface area contributed by atoms with E-state index in [1.165, 1.54) is 20.3 Å². The minimum atomic E-state index is -3.19. The molecule has 1 aliphatic heterocycles. The molecule has 0 aromatic heterocycles. The lowest BCUT2D eigenvalue weighted by atomic mass is 10.1. The van der Waals surface area contributed by atoms with Crippen LogP contribution in [0.3, 0.4) is 0 Å². The molecule has 0 radical (unpaired) electrons. The Morgan fingerprint density at radius 3 is 2.50 bits per heavy atom. The van der Waals surface area contributed by atoms with Crippen LogP contribution < -0.4 is 14.8 Å². The molecule has 20 heavy (non-hydrogen) atoms. The molecule has 2 rings (SSSR count). The molecule has 1 N–H and O–H groups in total. The van der Waals surface area contributed by atoms with Crippen LogP contribution in [-0.2, 0) is 9.84 Å². The smallest absolute Gasteiger partial charge is 0.251 e. The summed E-state index contributed by atoms with van der Waals surface area (Å²) in [5.41, 5.74) is 0.375. The summed E-state index contributed by atoms with van der Waals surface area (Å²) in [5.74, 6) is 0.492. The molecule has 0 fully saturated rings. The first kappa shape index (κ1) is 14.4. The third-order valence-corrected chi connectivity index (χ3v) is 4.29. The lowest BCUT2D eigenvalue weighted by Gasteiger charge is -2.12. The van der Waals surface area contributed by atoms with Crippen LogP contribution >= 0.6 is 0 Å². The van der Waals surface area contributed by atoms with Crippen LogP contribution in [0.25, 0.3) is 0 Å². The van der Waals surface area contributed by atoms with Crippen molar-refractivity contribution in [1.29, 1.82) is 0 Å². The zero-order chi connectivity index (χ0) is 14.8. The number of ether oxygens (including phenoxy) is 2. The van der Waals surface area contributed by atoms with Gasteiger partial charge in [0.1, 0.15) is 0 Å². The van der Waals surface area contributed by atoms with E-state index in [0.717, 1.165) is 5.41 Å². The zero-order valence-corrected chi connectivity index (χ0v) is 11.9. The number of carbonyl (C=O) groups excluding carboxylic acids is 1. The van der Waals surface area contributed by atoms with Crippen molar-refractivity contribution in [3.63, 3.8) is 0 Å². The molecule has 0 spiro atoms. The molecule has 1 heterocycles. The van der Waals surface area contributed by atoms with Crippen LogP contribution in [0.5, 0.6) is 11.5 Å². The van der Waals surface area contributed by atoms with Gasteiger partial charge >= 0.3 is 0 Å². The Morgan fingerprint density at radius 1 is 1.25 bits per heavy atom. The Bertz CT molecular complexity index is 651. The number of sulfone groups is 1. The summed E-state index contributed by atoms with van der Waals surface area (Å²) in [4.78, 5) is 12.0. The summed E-state index contributed by atoms with van der Waals surface area (Å²) in [7, 11) is -0.203. The predicted octanol–water partition coefficient (Wildman–Crippen LogP) is 0.744. The number of hydrogen-bond acceptors (Lipinski definition) is 5. The van der Waals surface area contributed by atoms with Gasteiger partial charge in [-0.05, 0) is 24.3 Å². The summed E-state index contributed by atoms with van der Waals surface area (Å²) in [6.45, 7) is 0. The molecule has 0 aliphatic carbocycles. The van der Waals surface area contributed by atoms with Crippen LogP contribution in [-0.4, -0.2) is 40.3 Å². The number of methoxy groups -OCH3 is 2.